The van der Waals surface area contributed by atoms with Gasteiger partial charge >= 0.3 is 0 Å². The van der Waals surface area contributed by atoms with Crippen molar-refractivity contribution in [2.45, 2.75) is 26.3 Å². The Hall–Kier alpha value is -2.08. The summed E-state index contributed by atoms with van der Waals surface area (Å²) in [5.74, 6) is 0.779. The highest BCUT2D eigenvalue weighted by atomic mass is 35.5. The summed E-state index contributed by atoms with van der Waals surface area (Å²) >= 11 is 6.24. The van der Waals surface area contributed by atoms with Crippen molar-refractivity contribution in [2.24, 2.45) is 0 Å². The number of hydrogen-bond donors (Lipinski definition) is 0. The number of hydrogen-bond acceptors (Lipinski definition) is 4. The number of halogens is 1. The lowest BCUT2D eigenvalue weighted by molar-refractivity contribution is 0.0760. The zero-order valence-corrected chi connectivity index (χ0v) is 14.8. The van der Waals surface area contributed by atoms with Crippen molar-refractivity contribution in [1.82, 2.24) is 19.7 Å². The molecule has 1 fully saturated rings. The Morgan fingerprint density at radius 1 is 1.21 bits per heavy atom. The molecule has 0 saturated carbocycles. The predicted octanol–water partition coefficient (Wildman–Crippen LogP) is 2.86. The second-order valence-electron chi connectivity index (χ2n) is 6.22. The first-order valence-electron chi connectivity index (χ1n) is 8.26. The van der Waals surface area contributed by atoms with Crippen LogP contribution in [-0.4, -0.2) is 51.8 Å². The molecule has 0 aliphatic carbocycles. The van der Waals surface area contributed by atoms with Crippen LogP contribution in [0.4, 0.5) is 5.82 Å². The van der Waals surface area contributed by atoms with Gasteiger partial charge < -0.3 is 9.80 Å². The lowest BCUT2D eigenvalue weighted by atomic mass is 10.3. The third kappa shape index (κ3) is 3.53. The summed E-state index contributed by atoms with van der Waals surface area (Å²) in [5.41, 5.74) is 0.507. The van der Waals surface area contributed by atoms with Gasteiger partial charge in [0.25, 0.3) is 5.91 Å². The molecule has 0 atom stereocenters. The number of amides is 1. The third-order valence-electron chi connectivity index (χ3n) is 4.18. The monoisotopic (exact) mass is 347 g/mol. The maximum Gasteiger partial charge on any atom is 0.274 e. The van der Waals surface area contributed by atoms with Gasteiger partial charge in [-0.2, -0.15) is 5.10 Å². The highest BCUT2D eigenvalue weighted by molar-refractivity contribution is 6.32. The minimum Gasteiger partial charge on any atom is -0.354 e. The van der Waals surface area contributed by atoms with Crippen molar-refractivity contribution in [3.05, 3.63) is 41.3 Å². The summed E-state index contributed by atoms with van der Waals surface area (Å²) in [4.78, 5) is 21.1. The van der Waals surface area contributed by atoms with E-state index < -0.39 is 0 Å². The molecule has 0 spiro atoms. The van der Waals surface area contributed by atoms with Gasteiger partial charge in [-0.25, -0.2) is 4.98 Å². The third-order valence-corrected chi connectivity index (χ3v) is 4.47. The number of carbonyl (C=O) groups is 1. The van der Waals surface area contributed by atoms with E-state index in [9.17, 15) is 4.79 Å². The molecule has 128 valence electrons. The molecule has 1 saturated heterocycles. The summed E-state index contributed by atoms with van der Waals surface area (Å²) in [5, 5.41) is 5.03. The molecule has 3 rings (SSSR count). The maximum absolute atomic E-state index is 12.7. The number of nitrogens with zero attached hydrogens (tertiary/aromatic N) is 5. The van der Waals surface area contributed by atoms with E-state index in [-0.39, 0.29) is 11.9 Å². The number of carbonyl (C=O) groups excluding carboxylic acids is 1. The fourth-order valence-electron chi connectivity index (χ4n) is 2.84. The van der Waals surface area contributed by atoms with Crippen LogP contribution in [0.15, 0.2) is 30.6 Å². The molecule has 0 N–H and O–H groups in total. The maximum atomic E-state index is 12.7. The summed E-state index contributed by atoms with van der Waals surface area (Å²) in [7, 11) is 0. The van der Waals surface area contributed by atoms with E-state index >= 15 is 0 Å². The Balaban J connectivity index is 1.68. The fraction of sp³-hybridized carbons (Fsp3) is 0.471. The number of rotatable bonds is 3. The Labute approximate surface area is 147 Å². The van der Waals surface area contributed by atoms with Gasteiger partial charge in [-0.05, 0) is 38.5 Å². The smallest absolute Gasteiger partial charge is 0.274 e. The normalized spacial score (nSPS) is 15.7. The van der Waals surface area contributed by atoms with E-state index in [1.165, 1.54) is 0 Å². The topological polar surface area (TPSA) is 54.3 Å². The molecule has 3 heterocycles. The van der Waals surface area contributed by atoms with E-state index in [1.807, 2.05) is 41.8 Å². The van der Waals surface area contributed by atoms with Crippen LogP contribution < -0.4 is 4.90 Å². The minimum atomic E-state index is -0.0108. The van der Waals surface area contributed by atoms with Crippen LogP contribution in [0.1, 0.15) is 36.8 Å². The molecule has 2 aromatic rings. The SMILES string of the molecule is CC(C)n1ccc(C(=O)N2CCCN(c3ncccc3Cl)CC2)n1. The van der Waals surface area contributed by atoms with E-state index in [4.69, 9.17) is 11.6 Å². The fourth-order valence-corrected chi connectivity index (χ4v) is 3.09. The second-order valence-corrected chi connectivity index (χ2v) is 6.62. The molecule has 6 nitrogen and oxygen atoms in total. The number of aromatic nitrogens is 3. The molecule has 24 heavy (non-hydrogen) atoms. The summed E-state index contributed by atoms with van der Waals surface area (Å²) < 4.78 is 1.81. The van der Waals surface area contributed by atoms with Gasteiger partial charge in [-0.1, -0.05) is 11.6 Å². The zero-order valence-electron chi connectivity index (χ0n) is 14.0. The molecule has 1 aliphatic heterocycles. The van der Waals surface area contributed by atoms with Gasteiger partial charge in [-0.3, -0.25) is 9.48 Å². The molecule has 0 bridgehead atoms. The van der Waals surface area contributed by atoms with Crippen LogP contribution >= 0.6 is 11.6 Å². The van der Waals surface area contributed by atoms with E-state index in [0.717, 1.165) is 18.8 Å². The van der Waals surface area contributed by atoms with E-state index in [2.05, 4.69) is 15.0 Å². The van der Waals surface area contributed by atoms with Gasteiger partial charge in [0, 0.05) is 44.6 Å². The van der Waals surface area contributed by atoms with E-state index in [1.54, 1.807) is 12.3 Å². The van der Waals surface area contributed by atoms with Crippen LogP contribution in [0.2, 0.25) is 5.02 Å². The standard InChI is InChI=1S/C17H22ClN5O/c1-13(2)23-10-6-15(20-23)17(24)22-9-4-8-21(11-12-22)16-14(18)5-3-7-19-16/h3,5-7,10,13H,4,8-9,11-12H2,1-2H3. The minimum absolute atomic E-state index is 0.0108. The van der Waals surface area contributed by atoms with Crippen molar-refractivity contribution < 1.29 is 4.79 Å². The predicted molar refractivity (Wildman–Crippen MR) is 94.6 cm³/mol. The van der Waals surface area contributed by atoms with Crippen LogP contribution in [0.3, 0.4) is 0 Å². The first-order chi connectivity index (χ1) is 11.6. The molecular formula is C17H22ClN5O. The Morgan fingerprint density at radius 3 is 2.75 bits per heavy atom. The van der Waals surface area contributed by atoms with Crippen LogP contribution in [0, 0.1) is 0 Å². The lowest BCUT2D eigenvalue weighted by Crippen LogP contribution is -2.35. The Bertz CT molecular complexity index is 715. The molecule has 0 radical (unpaired) electrons. The lowest BCUT2D eigenvalue weighted by Gasteiger charge is -2.23. The van der Waals surface area contributed by atoms with Gasteiger partial charge in [0.15, 0.2) is 0 Å². The first kappa shape index (κ1) is 16.8. The zero-order chi connectivity index (χ0) is 17.1. The van der Waals surface area contributed by atoms with Crippen LogP contribution in [0.5, 0.6) is 0 Å². The molecule has 2 aromatic heterocycles. The van der Waals surface area contributed by atoms with Crippen LogP contribution in [-0.2, 0) is 0 Å². The molecule has 0 aromatic carbocycles. The second kappa shape index (κ2) is 7.21. The largest absolute Gasteiger partial charge is 0.354 e. The number of pyridine rings is 1. The van der Waals surface area contributed by atoms with Crippen molar-refractivity contribution in [1.29, 1.82) is 0 Å². The van der Waals surface area contributed by atoms with Crippen molar-refractivity contribution in [3.63, 3.8) is 0 Å². The molecular weight excluding hydrogens is 326 g/mol. The summed E-state index contributed by atoms with van der Waals surface area (Å²) in [6.45, 7) is 6.99. The molecule has 0 unspecified atom stereocenters. The van der Waals surface area contributed by atoms with Crippen molar-refractivity contribution >= 4 is 23.3 Å². The quantitative estimate of drug-likeness (QED) is 0.856. The van der Waals surface area contributed by atoms with E-state index in [0.29, 0.717) is 30.4 Å². The molecule has 1 amide bonds. The highest BCUT2D eigenvalue weighted by Crippen LogP contribution is 2.23. The average Bonchev–Trinajstić information content (AvgIpc) is 2.94. The Morgan fingerprint density at radius 2 is 2.04 bits per heavy atom. The summed E-state index contributed by atoms with van der Waals surface area (Å²) in [6, 6.07) is 5.71. The van der Waals surface area contributed by atoms with Gasteiger partial charge in [0.05, 0.1) is 5.02 Å². The Kier molecular flexibility index (Phi) is 5.04. The molecule has 7 heteroatoms. The van der Waals surface area contributed by atoms with Gasteiger partial charge in [0.1, 0.15) is 11.5 Å². The van der Waals surface area contributed by atoms with Gasteiger partial charge in [-0.15, -0.1) is 0 Å². The first-order valence-corrected chi connectivity index (χ1v) is 8.64. The van der Waals surface area contributed by atoms with Crippen molar-refractivity contribution in [2.75, 3.05) is 31.1 Å². The van der Waals surface area contributed by atoms with Crippen molar-refractivity contribution in [3.8, 4) is 0 Å². The summed E-state index contributed by atoms with van der Waals surface area (Å²) in [6.07, 6.45) is 4.48. The van der Waals surface area contributed by atoms with Gasteiger partial charge in [0.2, 0.25) is 0 Å². The molecule has 1 aliphatic rings. The average molecular weight is 348 g/mol. The number of anilines is 1. The highest BCUT2D eigenvalue weighted by Gasteiger charge is 2.23. The van der Waals surface area contributed by atoms with Crippen LogP contribution in [0.25, 0.3) is 0 Å².